The van der Waals surface area contributed by atoms with Crippen LogP contribution in [0.25, 0.3) is 12.3 Å². The van der Waals surface area contributed by atoms with Gasteiger partial charge in [0.2, 0.25) is 0 Å². The Labute approximate surface area is 143 Å². The molecule has 1 atom stereocenters. The van der Waals surface area contributed by atoms with Crippen molar-refractivity contribution in [3.63, 3.8) is 0 Å². The second kappa shape index (κ2) is 6.96. The van der Waals surface area contributed by atoms with E-state index < -0.39 is 17.7 Å². The Hall–Kier alpha value is -2.83. The molecule has 0 spiro atoms. The molecule has 1 aliphatic carbocycles. The van der Waals surface area contributed by atoms with Gasteiger partial charge >= 0.3 is 6.18 Å². The maximum atomic E-state index is 13.0. The topological polar surface area (TPSA) is 39.9 Å². The Morgan fingerprint density at radius 2 is 2.00 bits per heavy atom. The molecule has 0 saturated heterocycles. The zero-order valence-corrected chi connectivity index (χ0v) is 13.4. The van der Waals surface area contributed by atoms with Gasteiger partial charge in [-0.1, -0.05) is 30.3 Å². The van der Waals surface area contributed by atoms with Crippen LogP contribution in [0.5, 0.6) is 0 Å². The lowest BCUT2D eigenvalue weighted by molar-refractivity contribution is -0.0949. The molecule has 0 saturated carbocycles. The van der Waals surface area contributed by atoms with Gasteiger partial charge in [-0.05, 0) is 30.2 Å². The summed E-state index contributed by atoms with van der Waals surface area (Å²) in [5.41, 5.74) is 0.342. The first kappa shape index (κ1) is 17.0. The lowest BCUT2D eigenvalue weighted by Gasteiger charge is -2.20. The number of nitrogens with zero attached hydrogens (tertiary/aromatic N) is 3. The third-order valence-electron chi connectivity index (χ3n) is 3.80. The standard InChI is InChI=1S/C18H16F3N3O/c1-25-16-10-14(9-15(11-16)18(19,20)21)17-22-12-24(23-17)8-7-13-5-3-2-4-6-13/h2-8,10-12,14H,9H2,1H3/b8-7-. The molecule has 0 radical (unpaired) electrons. The molecule has 0 N–H and O–H groups in total. The molecular formula is C18H16F3N3O. The van der Waals surface area contributed by atoms with Gasteiger partial charge in [0.15, 0.2) is 5.82 Å². The van der Waals surface area contributed by atoms with Gasteiger partial charge < -0.3 is 4.74 Å². The quantitative estimate of drug-likeness (QED) is 0.822. The predicted molar refractivity (Wildman–Crippen MR) is 88.3 cm³/mol. The van der Waals surface area contributed by atoms with Crippen LogP contribution < -0.4 is 0 Å². The van der Waals surface area contributed by atoms with Crippen molar-refractivity contribution in [2.75, 3.05) is 7.11 Å². The van der Waals surface area contributed by atoms with E-state index in [9.17, 15) is 13.2 Å². The maximum absolute atomic E-state index is 13.0. The molecule has 4 nitrogen and oxygen atoms in total. The average molecular weight is 347 g/mol. The maximum Gasteiger partial charge on any atom is 0.412 e. The highest BCUT2D eigenvalue weighted by molar-refractivity contribution is 5.59. The second-order valence-corrected chi connectivity index (χ2v) is 5.56. The number of benzene rings is 1. The Morgan fingerprint density at radius 1 is 1.24 bits per heavy atom. The third kappa shape index (κ3) is 4.17. The van der Waals surface area contributed by atoms with Crippen molar-refractivity contribution < 1.29 is 17.9 Å². The minimum atomic E-state index is -4.40. The van der Waals surface area contributed by atoms with Gasteiger partial charge in [-0.25, -0.2) is 9.67 Å². The number of allylic oxidation sites excluding steroid dienone is 3. The Morgan fingerprint density at radius 3 is 2.68 bits per heavy atom. The highest BCUT2D eigenvalue weighted by Gasteiger charge is 2.37. The van der Waals surface area contributed by atoms with Crippen molar-refractivity contribution in [3.05, 3.63) is 71.5 Å². The number of alkyl halides is 3. The summed E-state index contributed by atoms with van der Waals surface area (Å²) in [6, 6.07) is 9.61. The summed E-state index contributed by atoms with van der Waals surface area (Å²) in [6.45, 7) is 0. The number of aromatic nitrogens is 3. The van der Waals surface area contributed by atoms with Crippen LogP contribution in [0.1, 0.15) is 23.7 Å². The molecule has 1 unspecified atom stereocenters. The first-order valence-electron chi connectivity index (χ1n) is 7.63. The van der Waals surface area contributed by atoms with E-state index in [1.54, 1.807) is 12.3 Å². The molecule has 130 valence electrons. The van der Waals surface area contributed by atoms with E-state index in [0.717, 1.165) is 11.6 Å². The van der Waals surface area contributed by atoms with E-state index >= 15 is 0 Å². The van der Waals surface area contributed by atoms with Crippen molar-refractivity contribution >= 4 is 12.3 Å². The van der Waals surface area contributed by atoms with E-state index in [-0.39, 0.29) is 12.2 Å². The number of methoxy groups -OCH3 is 1. The largest absolute Gasteiger partial charge is 0.497 e. The zero-order chi connectivity index (χ0) is 17.9. The summed E-state index contributed by atoms with van der Waals surface area (Å²) in [5.74, 6) is -0.0928. The number of rotatable bonds is 4. The molecule has 3 rings (SSSR count). The lowest BCUT2D eigenvalue weighted by atomic mass is 9.92. The van der Waals surface area contributed by atoms with Crippen LogP contribution >= 0.6 is 0 Å². The van der Waals surface area contributed by atoms with Gasteiger partial charge in [-0.2, -0.15) is 18.3 Å². The molecule has 0 amide bonds. The van der Waals surface area contributed by atoms with Crippen LogP contribution in [0.15, 0.2) is 60.1 Å². The van der Waals surface area contributed by atoms with Gasteiger partial charge in [0, 0.05) is 17.7 Å². The van der Waals surface area contributed by atoms with Crippen LogP contribution in [-0.4, -0.2) is 28.1 Å². The number of hydrogen-bond acceptors (Lipinski definition) is 3. The second-order valence-electron chi connectivity index (χ2n) is 5.56. The SMILES string of the molecule is COC1=CC(c2ncn(/C=C\c3ccccc3)n2)CC(C(F)(F)F)=C1. The van der Waals surface area contributed by atoms with Gasteiger partial charge in [-0.15, -0.1) is 0 Å². The first-order chi connectivity index (χ1) is 12.0. The monoisotopic (exact) mass is 347 g/mol. The van der Waals surface area contributed by atoms with Crippen molar-refractivity contribution in [1.82, 2.24) is 14.8 Å². The Balaban J connectivity index is 1.79. The van der Waals surface area contributed by atoms with E-state index in [1.165, 1.54) is 18.1 Å². The summed E-state index contributed by atoms with van der Waals surface area (Å²) in [7, 11) is 1.34. The van der Waals surface area contributed by atoms with E-state index in [0.29, 0.717) is 5.82 Å². The first-order valence-corrected chi connectivity index (χ1v) is 7.63. The van der Waals surface area contributed by atoms with E-state index in [2.05, 4.69) is 10.1 Å². The summed E-state index contributed by atoms with van der Waals surface area (Å²) >= 11 is 0. The molecular weight excluding hydrogens is 331 g/mol. The minimum absolute atomic E-state index is 0.166. The molecule has 2 aromatic rings. The average Bonchev–Trinajstić information content (AvgIpc) is 3.09. The van der Waals surface area contributed by atoms with Gasteiger partial charge in [0.05, 0.1) is 7.11 Å². The van der Waals surface area contributed by atoms with Gasteiger partial charge in [0.25, 0.3) is 0 Å². The third-order valence-corrected chi connectivity index (χ3v) is 3.80. The number of halogens is 3. The molecule has 25 heavy (non-hydrogen) atoms. The van der Waals surface area contributed by atoms with E-state index in [1.807, 2.05) is 36.4 Å². The Bertz CT molecular complexity index is 820. The highest BCUT2D eigenvalue weighted by atomic mass is 19.4. The molecule has 0 bridgehead atoms. The summed E-state index contributed by atoms with van der Waals surface area (Å²) in [5, 5.41) is 4.26. The van der Waals surface area contributed by atoms with Crippen LogP contribution in [0.3, 0.4) is 0 Å². The summed E-state index contributed by atoms with van der Waals surface area (Å²) in [6.07, 6.45) is 3.04. The fourth-order valence-electron chi connectivity index (χ4n) is 2.52. The highest BCUT2D eigenvalue weighted by Crippen LogP contribution is 2.38. The van der Waals surface area contributed by atoms with Gasteiger partial charge in [-0.3, -0.25) is 0 Å². The molecule has 1 aromatic heterocycles. The van der Waals surface area contributed by atoms with Gasteiger partial charge in [0.1, 0.15) is 12.1 Å². The molecule has 0 fully saturated rings. The van der Waals surface area contributed by atoms with Crippen LogP contribution in [0.4, 0.5) is 13.2 Å². The van der Waals surface area contributed by atoms with Crippen LogP contribution in [-0.2, 0) is 4.74 Å². The lowest BCUT2D eigenvalue weighted by Crippen LogP contribution is -2.18. The molecule has 1 aromatic carbocycles. The van der Waals surface area contributed by atoms with Crippen LogP contribution in [0, 0.1) is 0 Å². The minimum Gasteiger partial charge on any atom is -0.497 e. The normalized spacial score (nSPS) is 18.2. The molecule has 1 heterocycles. The molecule has 1 aliphatic rings. The summed E-state index contributed by atoms with van der Waals surface area (Å²) in [4.78, 5) is 4.14. The smallest absolute Gasteiger partial charge is 0.412 e. The number of hydrogen-bond donors (Lipinski definition) is 0. The van der Waals surface area contributed by atoms with Crippen molar-refractivity contribution in [3.8, 4) is 0 Å². The molecule has 0 aliphatic heterocycles. The fraction of sp³-hybridized carbons (Fsp3) is 0.222. The molecule has 7 heteroatoms. The van der Waals surface area contributed by atoms with Crippen molar-refractivity contribution in [2.45, 2.75) is 18.5 Å². The Kier molecular flexibility index (Phi) is 4.74. The fourth-order valence-corrected chi connectivity index (χ4v) is 2.52. The van der Waals surface area contributed by atoms with E-state index in [4.69, 9.17) is 4.74 Å². The number of ether oxygens (including phenoxy) is 1. The van der Waals surface area contributed by atoms with Crippen molar-refractivity contribution in [2.24, 2.45) is 0 Å². The van der Waals surface area contributed by atoms with Crippen molar-refractivity contribution in [1.29, 1.82) is 0 Å². The van der Waals surface area contributed by atoms with Crippen LogP contribution in [0.2, 0.25) is 0 Å². The predicted octanol–water partition coefficient (Wildman–Crippen LogP) is 4.41. The summed E-state index contributed by atoms with van der Waals surface area (Å²) < 4.78 is 45.6. The zero-order valence-electron chi connectivity index (χ0n) is 13.4.